The molecule has 1 unspecified atom stereocenters. The molecule has 1 N–H and O–H groups in total. The minimum Gasteiger partial charge on any atom is -0.340 e. The van der Waals surface area contributed by atoms with Gasteiger partial charge in [-0.15, -0.1) is 11.3 Å². The van der Waals surface area contributed by atoms with E-state index in [9.17, 15) is 4.79 Å². The Labute approximate surface area is 108 Å². The summed E-state index contributed by atoms with van der Waals surface area (Å²) in [5.74, 6) is 0.151. The molecule has 0 fully saturated rings. The highest BCUT2D eigenvalue weighted by Crippen LogP contribution is 2.17. The molecule has 0 radical (unpaired) electrons. The van der Waals surface area contributed by atoms with E-state index in [-0.39, 0.29) is 5.91 Å². The number of hydrogen-bond acceptors (Lipinski definition) is 3. The predicted molar refractivity (Wildman–Crippen MR) is 73.3 cm³/mol. The van der Waals surface area contributed by atoms with E-state index in [2.05, 4.69) is 37.5 Å². The van der Waals surface area contributed by atoms with Gasteiger partial charge in [0.25, 0.3) is 0 Å². The van der Waals surface area contributed by atoms with Crippen molar-refractivity contribution in [2.75, 3.05) is 13.6 Å². The molecule has 1 aromatic rings. The maximum absolute atomic E-state index is 11.9. The third-order valence-corrected chi connectivity index (χ3v) is 4.00. The molecule has 0 saturated carbocycles. The first kappa shape index (κ1) is 14.2. The SMILES string of the molecule is CCC(C)NCC(=O)N(C)Cc1sccc1C. The van der Waals surface area contributed by atoms with Crippen molar-refractivity contribution < 1.29 is 4.79 Å². The third kappa shape index (κ3) is 4.48. The molecule has 0 aliphatic carbocycles. The minimum atomic E-state index is 0.151. The number of aryl methyl sites for hydroxylation is 1. The molecule has 1 atom stereocenters. The zero-order chi connectivity index (χ0) is 12.8. The average molecular weight is 254 g/mol. The van der Waals surface area contributed by atoms with E-state index < -0.39 is 0 Å². The predicted octanol–water partition coefficient (Wildman–Crippen LogP) is 2.40. The van der Waals surface area contributed by atoms with E-state index in [0.717, 1.165) is 6.42 Å². The molecule has 1 amide bonds. The highest BCUT2D eigenvalue weighted by Gasteiger charge is 2.11. The Hall–Kier alpha value is -0.870. The zero-order valence-electron chi connectivity index (χ0n) is 11.1. The molecule has 1 aromatic heterocycles. The van der Waals surface area contributed by atoms with Crippen LogP contribution in [0.2, 0.25) is 0 Å². The summed E-state index contributed by atoms with van der Waals surface area (Å²) in [6, 6.07) is 2.49. The van der Waals surface area contributed by atoms with Gasteiger partial charge in [-0.25, -0.2) is 0 Å². The molecule has 0 saturated heterocycles. The van der Waals surface area contributed by atoms with Crippen molar-refractivity contribution in [1.82, 2.24) is 10.2 Å². The lowest BCUT2D eigenvalue weighted by atomic mass is 10.2. The molecule has 0 spiro atoms. The third-order valence-electron chi connectivity index (χ3n) is 2.99. The Kier molecular flexibility index (Phi) is 5.65. The largest absolute Gasteiger partial charge is 0.340 e. The fourth-order valence-electron chi connectivity index (χ4n) is 1.41. The Bertz CT molecular complexity index is 362. The van der Waals surface area contributed by atoms with Crippen LogP contribution in [-0.4, -0.2) is 30.4 Å². The lowest BCUT2D eigenvalue weighted by molar-refractivity contribution is -0.129. The molecular formula is C13H22N2OS. The van der Waals surface area contributed by atoms with Crippen LogP contribution >= 0.6 is 11.3 Å². The van der Waals surface area contributed by atoms with Crippen LogP contribution in [0.1, 0.15) is 30.7 Å². The summed E-state index contributed by atoms with van der Waals surface area (Å²) >= 11 is 1.71. The lowest BCUT2D eigenvalue weighted by Gasteiger charge is -2.19. The van der Waals surface area contributed by atoms with Gasteiger partial charge >= 0.3 is 0 Å². The van der Waals surface area contributed by atoms with Gasteiger partial charge in [0.15, 0.2) is 0 Å². The van der Waals surface area contributed by atoms with E-state index >= 15 is 0 Å². The monoisotopic (exact) mass is 254 g/mol. The summed E-state index contributed by atoms with van der Waals surface area (Å²) in [5.41, 5.74) is 1.27. The van der Waals surface area contributed by atoms with Crippen molar-refractivity contribution >= 4 is 17.2 Å². The van der Waals surface area contributed by atoms with Crippen LogP contribution in [0.3, 0.4) is 0 Å². The number of amides is 1. The van der Waals surface area contributed by atoms with Gasteiger partial charge in [-0.05, 0) is 37.3 Å². The number of carbonyl (C=O) groups excluding carboxylic acids is 1. The fraction of sp³-hybridized carbons (Fsp3) is 0.615. The Morgan fingerprint density at radius 2 is 2.29 bits per heavy atom. The molecule has 0 aliphatic heterocycles. The molecule has 17 heavy (non-hydrogen) atoms. The first-order chi connectivity index (χ1) is 8.04. The molecule has 96 valence electrons. The summed E-state index contributed by atoms with van der Waals surface area (Å²) in [7, 11) is 1.86. The van der Waals surface area contributed by atoms with Crippen LogP contribution in [0, 0.1) is 6.92 Å². The van der Waals surface area contributed by atoms with E-state index in [1.54, 1.807) is 16.2 Å². The molecule has 1 heterocycles. The van der Waals surface area contributed by atoms with E-state index in [1.807, 2.05) is 7.05 Å². The molecule has 0 aliphatic rings. The van der Waals surface area contributed by atoms with Gasteiger partial charge in [0.05, 0.1) is 13.1 Å². The maximum atomic E-state index is 11.9. The van der Waals surface area contributed by atoms with Crippen LogP contribution in [0.25, 0.3) is 0 Å². The number of nitrogens with zero attached hydrogens (tertiary/aromatic N) is 1. The summed E-state index contributed by atoms with van der Waals surface area (Å²) in [4.78, 5) is 14.9. The van der Waals surface area contributed by atoms with Crippen molar-refractivity contribution in [1.29, 1.82) is 0 Å². The summed E-state index contributed by atoms with van der Waals surface area (Å²) in [5, 5.41) is 5.29. The first-order valence-corrected chi connectivity index (χ1v) is 6.92. The number of rotatable bonds is 6. The minimum absolute atomic E-state index is 0.151. The highest BCUT2D eigenvalue weighted by atomic mass is 32.1. The number of carbonyl (C=O) groups is 1. The zero-order valence-corrected chi connectivity index (χ0v) is 11.9. The second-order valence-electron chi connectivity index (χ2n) is 4.47. The Morgan fingerprint density at radius 1 is 1.59 bits per heavy atom. The van der Waals surface area contributed by atoms with E-state index in [4.69, 9.17) is 0 Å². The summed E-state index contributed by atoms with van der Waals surface area (Å²) in [6.07, 6.45) is 1.04. The van der Waals surface area contributed by atoms with Crippen molar-refractivity contribution in [3.8, 4) is 0 Å². The quantitative estimate of drug-likeness (QED) is 0.845. The maximum Gasteiger partial charge on any atom is 0.236 e. The molecule has 0 aromatic carbocycles. The standard InChI is InChI=1S/C13H22N2OS/c1-5-11(3)14-8-13(16)15(4)9-12-10(2)6-7-17-12/h6-7,11,14H,5,8-9H2,1-4H3. The number of hydrogen-bond donors (Lipinski definition) is 1. The summed E-state index contributed by atoms with van der Waals surface area (Å²) in [6.45, 7) is 7.43. The Balaban J connectivity index is 2.40. The van der Waals surface area contributed by atoms with Crippen LogP contribution in [0.15, 0.2) is 11.4 Å². The van der Waals surface area contributed by atoms with Crippen LogP contribution in [-0.2, 0) is 11.3 Å². The van der Waals surface area contributed by atoms with Crippen LogP contribution in [0.4, 0.5) is 0 Å². The number of likely N-dealkylation sites (N-methyl/N-ethyl adjacent to an activating group) is 1. The fourth-order valence-corrected chi connectivity index (χ4v) is 2.37. The molecule has 1 rings (SSSR count). The normalized spacial score (nSPS) is 12.5. The van der Waals surface area contributed by atoms with Gasteiger partial charge in [-0.3, -0.25) is 4.79 Å². The lowest BCUT2D eigenvalue weighted by Crippen LogP contribution is -2.38. The number of thiophene rings is 1. The smallest absolute Gasteiger partial charge is 0.236 e. The van der Waals surface area contributed by atoms with Crippen LogP contribution < -0.4 is 5.32 Å². The summed E-state index contributed by atoms with van der Waals surface area (Å²) < 4.78 is 0. The van der Waals surface area contributed by atoms with Gasteiger partial charge in [0, 0.05) is 18.0 Å². The van der Waals surface area contributed by atoms with Crippen molar-refractivity contribution in [3.05, 3.63) is 21.9 Å². The topological polar surface area (TPSA) is 32.3 Å². The van der Waals surface area contributed by atoms with Gasteiger partial charge in [0.2, 0.25) is 5.91 Å². The second kappa shape index (κ2) is 6.77. The van der Waals surface area contributed by atoms with Crippen molar-refractivity contribution in [2.45, 2.75) is 39.8 Å². The number of nitrogens with one attached hydrogen (secondary N) is 1. The van der Waals surface area contributed by atoms with Crippen molar-refractivity contribution in [2.24, 2.45) is 0 Å². The molecule has 0 bridgehead atoms. The second-order valence-corrected chi connectivity index (χ2v) is 5.47. The highest BCUT2D eigenvalue weighted by molar-refractivity contribution is 7.10. The average Bonchev–Trinajstić information content (AvgIpc) is 2.71. The van der Waals surface area contributed by atoms with Crippen LogP contribution in [0.5, 0.6) is 0 Å². The molecule has 4 heteroatoms. The van der Waals surface area contributed by atoms with Crippen molar-refractivity contribution in [3.63, 3.8) is 0 Å². The first-order valence-electron chi connectivity index (χ1n) is 6.05. The van der Waals surface area contributed by atoms with Gasteiger partial charge in [0.1, 0.15) is 0 Å². The van der Waals surface area contributed by atoms with E-state index in [0.29, 0.717) is 19.1 Å². The van der Waals surface area contributed by atoms with Gasteiger partial charge in [-0.1, -0.05) is 6.92 Å². The van der Waals surface area contributed by atoms with Gasteiger partial charge < -0.3 is 10.2 Å². The van der Waals surface area contributed by atoms with Gasteiger partial charge in [-0.2, -0.15) is 0 Å². The molecule has 3 nitrogen and oxygen atoms in total. The Morgan fingerprint density at radius 3 is 2.82 bits per heavy atom. The van der Waals surface area contributed by atoms with E-state index in [1.165, 1.54) is 10.4 Å². The molecular weight excluding hydrogens is 232 g/mol.